The van der Waals surface area contributed by atoms with Crippen LogP contribution < -0.4 is 0 Å². The highest BCUT2D eigenvalue weighted by atomic mass is 16.7. The molecule has 148 valence electrons. The molecule has 0 unspecified atom stereocenters. The number of unbranched alkanes of at least 4 members (excludes halogenated alkanes) is 14. The van der Waals surface area contributed by atoms with Crippen molar-refractivity contribution in [3.8, 4) is 0 Å². The van der Waals surface area contributed by atoms with E-state index in [1.165, 1.54) is 77.0 Å². The molecule has 0 aromatic rings. The first-order valence-corrected chi connectivity index (χ1v) is 10.7. The molecule has 0 saturated carbocycles. The van der Waals surface area contributed by atoms with Gasteiger partial charge in [-0.15, -0.1) is 0 Å². The molecule has 0 aromatic carbocycles. The second-order valence-electron chi connectivity index (χ2n) is 6.90. The summed E-state index contributed by atoms with van der Waals surface area (Å²) in [5.74, 6) is 0. The van der Waals surface area contributed by atoms with E-state index in [1.54, 1.807) is 6.26 Å². The van der Waals surface area contributed by atoms with E-state index in [-0.39, 0.29) is 0 Å². The maximum absolute atomic E-state index is 10.2. The van der Waals surface area contributed by atoms with E-state index in [1.807, 2.05) is 0 Å². The first-order chi connectivity index (χ1) is 12.4. The van der Waals surface area contributed by atoms with Gasteiger partial charge in [0, 0.05) is 6.42 Å². The molecule has 0 N–H and O–H groups in total. The van der Waals surface area contributed by atoms with E-state index in [4.69, 9.17) is 9.47 Å². The summed E-state index contributed by atoms with van der Waals surface area (Å²) in [6.07, 6.45) is 24.6. The third-order valence-electron chi connectivity index (χ3n) is 4.43. The van der Waals surface area contributed by atoms with E-state index in [2.05, 4.69) is 13.0 Å². The minimum atomic E-state index is 0.384. The second-order valence-corrected chi connectivity index (χ2v) is 6.90. The lowest BCUT2D eigenvalue weighted by molar-refractivity contribution is -0.107. The Morgan fingerprint density at radius 1 is 0.680 bits per heavy atom. The standard InChI is InChI=1S/C22H42O3/c1-2-3-4-5-14-17-20-24-22-25-21-18-15-12-10-8-6-7-9-11-13-16-19-23/h18-19,21H,2-17,20,22H2,1H3. The van der Waals surface area contributed by atoms with Crippen LogP contribution in [0.2, 0.25) is 0 Å². The van der Waals surface area contributed by atoms with Crippen LogP contribution in [-0.4, -0.2) is 19.7 Å². The third-order valence-corrected chi connectivity index (χ3v) is 4.43. The summed E-state index contributed by atoms with van der Waals surface area (Å²) in [6.45, 7) is 3.44. The van der Waals surface area contributed by atoms with Gasteiger partial charge in [-0.25, -0.2) is 0 Å². The van der Waals surface area contributed by atoms with Gasteiger partial charge in [0.2, 0.25) is 0 Å². The summed E-state index contributed by atoms with van der Waals surface area (Å²) in [6, 6.07) is 0. The summed E-state index contributed by atoms with van der Waals surface area (Å²) in [4.78, 5) is 10.2. The molecule has 0 rings (SSSR count). The van der Waals surface area contributed by atoms with E-state index in [0.29, 0.717) is 6.79 Å². The molecule has 0 bridgehead atoms. The van der Waals surface area contributed by atoms with Gasteiger partial charge in [-0.05, 0) is 31.8 Å². The van der Waals surface area contributed by atoms with Gasteiger partial charge in [-0.3, -0.25) is 0 Å². The molecule has 25 heavy (non-hydrogen) atoms. The van der Waals surface area contributed by atoms with Crippen molar-refractivity contribution in [2.45, 2.75) is 110 Å². The summed E-state index contributed by atoms with van der Waals surface area (Å²) in [5.41, 5.74) is 0. The minimum Gasteiger partial charge on any atom is -0.475 e. The molecular weight excluding hydrogens is 312 g/mol. The molecule has 0 amide bonds. The van der Waals surface area contributed by atoms with E-state index >= 15 is 0 Å². The molecule has 0 spiro atoms. The van der Waals surface area contributed by atoms with Gasteiger partial charge in [0.15, 0.2) is 6.79 Å². The Balaban J connectivity index is 3.05. The number of ether oxygens (including phenoxy) is 2. The highest BCUT2D eigenvalue weighted by Crippen LogP contribution is 2.10. The van der Waals surface area contributed by atoms with Crippen LogP contribution in [0.15, 0.2) is 12.3 Å². The fourth-order valence-electron chi connectivity index (χ4n) is 2.82. The van der Waals surface area contributed by atoms with Crippen molar-refractivity contribution in [1.29, 1.82) is 0 Å². The molecule has 0 radical (unpaired) electrons. The number of carbonyl (C=O) groups excluding carboxylic acids is 1. The number of hydrogen-bond acceptors (Lipinski definition) is 3. The highest BCUT2D eigenvalue weighted by molar-refractivity contribution is 5.48. The molecule has 0 aliphatic heterocycles. The molecule has 0 fully saturated rings. The maximum Gasteiger partial charge on any atom is 0.188 e. The van der Waals surface area contributed by atoms with Crippen LogP contribution in [0.3, 0.4) is 0 Å². The van der Waals surface area contributed by atoms with Crippen molar-refractivity contribution < 1.29 is 14.3 Å². The Kier molecular flexibility index (Phi) is 22.4. The predicted molar refractivity (Wildman–Crippen MR) is 107 cm³/mol. The van der Waals surface area contributed by atoms with Gasteiger partial charge in [-0.1, -0.05) is 77.6 Å². The number of carbonyl (C=O) groups is 1. The molecule has 0 heterocycles. The molecule has 0 aliphatic rings. The van der Waals surface area contributed by atoms with Crippen molar-refractivity contribution >= 4 is 6.29 Å². The van der Waals surface area contributed by atoms with Gasteiger partial charge in [0.25, 0.3) is 0 Å². The predicted octanol–water partition coefficient (Wildman–Crippen LogP) is 6.95. The van der Waals surface area contributed by atoms with Crippen LogP contribution in [0, 0.1) is 0 Å². The van der Waals surface area contributed by atoms with Crippen LogP contribution >= 0.6 is 0 Å². The van der Waals surface area contributed by atoms with Crippen LogP contribution in [0.25, 0.3) is 0 Å². The smallest absolute Gasteiger partial charge is 0.188 e. The van der Waals surface area contributed by atoms with Crippen molar-refractivity contribution in [3.63, 3.8) is 0 Å². The van der Waals surface area contributed by atoms with Gasteiger partial charge in [0.1, 0.15) is 6.29 Å². The van der Waals surface area contributed by atoms with E-state index < -0.39 is 0 Å². The number of aldehydes is 1. The number of allylic oxidation sites excluding steroid dienone is 1. The summed E-state index contributed by atoms with van der Waals surface area (Å²) in [7, 11) is 0. The van der Waals surface area contributed by atoms with Crippen molar-refractivity contribution in [3.05, 3.63) is 12.3 Å². The third kappa shape index (κ3) is 23.2. The number of rotatable bonds is 21. The molecule has 0 saturated heterocycles. The monoisotopic (exact) mass is 354 g/mol. The Bertz CT molecular complexity index is 276. The van der Waals surface area contributed by atoms with E-state index in [0.717, 1.165) is 38.6 Å². The van der Waals surface area contributed by atoms with E-state index in [9.17, 15) is 4.79 Å². The molecule has 3 heteroatoms. The normalized spacial score (nSPS) is 11.2. The number of hydrogen-bond donors (Lipinski definition) is 0. The average Bonchev–Trinajstić information content (AvgIpc) is 2.63. The quantitative estimate of drug-likeness (QED) is 0.0968. The molecular formula is C22H42O3. The average molecular weight is 355 g/mol. The van der Waals surface area contributed by atoms with Crippen LogP contribution in [0.1, 0.15) is 110 Å². The van der Waals surface area contributed by atoms with Crippen molar-refractivity contribution in [2.75, 3.05) is 13.4 Å². The van der Waals surface area contributed by atoms with Gasteiger partial charge >= 0.3 is 0 Å². The maximum atomic E-state index is 10.2. The highest BCUT2D eigenvalue weighted by Gasteiger charge is 1.92. The SMILES string of the molecule is CCCCCCCCOCOC=CCCCCCCCCCCC=O. The zero-order valence-electron chi connectivity index (χ0n) is 16.7. The van der Waals surface area contributed by atoms with Crippen LogP contribution in [0.4, 0.5) is 0 Å². The lowest BCUT2D eigenvalue weighted by atomic mass is 10.1. The van der Waals surface area contributed by atoms with Gasteiger partial charge in [0.05, 0.1) is 12.9 Å². The van der Waals surface area contributed by atoms with Crippen LogP contribution in [-0.2, 0) is 14.3 Å². The van der Waals surface area contributed by atoms with Crippen molar-refractivity contribution in [1.82, 2.24) is 0 Å². The zero-order valence-corrected chi connectivity index (χ0v) is 16.7. The fourth-order valence-corrected chi connectivity index (χ4v) is 2.82. The minimum absolute atomic E-state index is 0.384. The molecule has 0 atom stereocenters. The second kappa shape index (κ2) is 23.2. The first-order valence-electron chi connectivity index (χ1n) is 10.7. The fraction of sp³-hybridized carbons (Fsp3) is 0.864. The molecule has 0 aromatic heterocycles. The lowest BCUT2D eigenvalue weighted by Crippen LogP contribution is -1.98. The Labute approximate surface area is 156 Å². The van der Waals surface area contributed by atoms with Gasteiger partial charge in [-0.2, -0.15) is 0 Å². The Hall–Kier alpha value is -0.830. The summed E-state index contributed by atoms with van der Waals surface area (Å²) < 4.78 is 10.8. The zero-order chi connectivity index (χ0) is 18.3. The molecule has 3 nitrogen and oxygen atoms in total. The topological polar surface area (TPSA) is 35.5 Å². The largest absolute Gasteiger partial charge is 0.475 e. The summed E-state index contributed by atoms with van der Waals surface area (Å²) >= 11 is 0. The first kappa shape index (κ1) is 24.2. The molecule has 0 aliphatic carbocycles. The van der Waals surface area contributed by atoms with Gasteiger partial charge < -0.3 is 14.3 Å². The Morgan fingerprint density at radius 2 is 1.24 bits per heavy atom. The Morgan fingerprint density at radius 3 is 1.88 bits per heavy atom. The van der Waals surface area contributed by atoms with Crippen LogP contribution in [0.5, 0.6) is 0 Å². The van der Waals surface area contributed by atoms with Crippen molar-refractivity contribution in [2.24, 2.45) is 0 Å². The lowest BCUT2D eigenvalue weighted by Gasteiger charge is -2.04. The summed E-state index contributed by atoms with van der Waals surface area (Å²) in [5, 5.41) is 0.